The summed E-state index contributed by atoms with van der Waals surface area (Å²) in [6, 6.07) is 16.3. The van der Waals surface area contributed by atoms with E-state index in [1.807, 2.05) is 41.2 Å². The zero-order valence-corrected chi connectivity index (χ0v) is 16.3. The topological polar surface area (TPSA) is 52.3 Å². The van der Waals surface area contributed by atoms with E-state index in [9.17, 15) is 4.79 Å². The van der Waals surface area contributed by atoms with Gasteiger partial charge in [0, 0.05) is 38.5 Å². The second-order valence-corrected chi connectivity index (χ2v) is 7.17. The number of benzene rings is 1. The van der Waals surface area contributed by atoms with Crippen molar-refractivity contribution in [1.29, 1.82) is 0 Å². The summed E-state index contributed by atoms with van der Waals surface area (Å²) in [7, 11) is 1.67. The normalized spacial score (nSPS) is 14.2. The summed E-state index contributed by atoms with van der Waals surface area (Å²) >= 11 is 0. The van der Waals surface area contributed by atoms with Crippen LogP contribution in [0.4, 0.5) is 0 Å². The fourth-order valence-corrected chi connectivity index (χ4v) is 3.87. The minimum Gasteiger partial charge on any atom is -0.383 e. The highest BCUT2D eigenvalue weighted by Gasteiger charge is 2.26. The van der Waals surface area contributed by atoms with Gasteiger partial charge in [-0.2, -0.15) is 0 Å². The van der Waals surface area contributed by atoms with Crippen molar-refractivity contribution in [3.63, 3.8) is 0 Å². The third kappa shape index (κ3) is 3.93. The highest BCUT2D eigenvalue weighted by molar-refractivity contribution is 5.24. The van der Waals surface area contributed by atoms with Crippen LogP contribution in [0.2, 0.25) is 0 Å². The number of nitrogens with zero attached hydrogens (tertiary/aromatic N) is 4. The molecule has 0 saturated carbocycles. The van der Waals surface area contributed by atoms with Crippen LogP contribution in [0.15, 0.2) is 59.5 Å². The Morgan fingerprint density at radius 3 is 2.61 bits per heavy atom. The molecule has 0 spiro atoms. The molecular formula is C22H26N4O2. The molecule has 28 heavy (non-hydrogen) atoms. The maximum Gasteiger partial charge on any atom is 0.270 e. The largest absolute Gasteiger partial charge is 0.383 e. The van der Waals surface area contributed by atoms with Crippen LogP contribution in [0.1, 0.15) is 22.5 Å². The SMILES string of the molecule is COCCn1c(=O)c2c(n1Cc1ccccc1)CN(Cc1ccccn1)CC2. The van der Waals surface area contributed by atoms with E-state index in [0.717, 1.165) is 43.0 Å². The van der Waals surface area contributed by atoms with Gasteiger partial charge >= 0.3 is 0 Å². The Kier molecular flexibility index (Phi) is 5.69. The molecule has 6 nitrogen and oxygen atoms in total. The second kappa shape index (κ2) is 8.54. The average molecular weight is 378 g/mol. The van der Waals surface area contributed by atoms with E-state index in [1.54, 1.807) is 7.11 Å². The van der Waals surface area contributed by atoms with E-state index in [2.05, 4.69) is 32.8 Å². The van der Waals surface area contributed by atoms with Gasteiger partial charge in [0.25, 0.3) is 5.56 Å². The highest BCUT2D eigenvalue weighted by atomic mass is 16.5. The molecule has 1 aliphatic heterocycles. The molecule has 4 rings (SSSR count). The lowest BCUT2D eigenvalue weighted by atomic mass is 10.1. The van der Waals surface area contributed by atoms with E-state index in [-0.39, 0.29) is 5.56 Å². The van der Waals surface area contributed by atoms with Gasteiger partial charge in [-0.25, -0.2) is 4.68 Å². The minimum atomic E-state index is 0.125. The van der Waals surface area contributed by atoms with Crippen molar-refractivity contribution in [1.82, 2.24) is 19.2 Å². The molecule has 2 aromatic heterocycles. The Hall–Kier alpha value is -2.70. The maximum absolute atomic E-state index is 13.1. The van der Waals surface area contributed by atoms with Gasteiger partial charge in [-0.05, 0) is 24.1 Å². The van der Waals surface area contributed by atoms with E-state index in [1.165, 1.54) is 5.56 Å². The van der Waals surface area contributed by atoms with Crippen molar-refractivity contribution in [2.75, 3.05) is 20.3 Å². The Balaban J connectivity index is 1.65. The lowest BCUT2D eigenvalue weighted by molar-refractivity contribution is 0.175. The molecule has 6 heteroatoms. The molecule has 0 amide bonds. The molecule has 146 valence electrons. The zero-order chi connectivity index (χ0) is 19.3. The quantitative estimate of drug-likeness (QED) is 0.633. The number of rotatable bonds is 7. The Labute approximate surface area is 165 Å². The summed E-state index contributed by atoms with van der Waals surface area (Å²) in [5.74, 6) is 0. The molecule has 0 atom stereocenters. The van der Waals surface area contributed by atoms with Crippen LogP contribution in [-0.4, -0.2) is 39.5 Å². The van der Waals surface area contributed by atoms with Gasteiger partial charge < -0.3 is 4.74 Å². The predicted octanol–water partition coefficient (Wildman–Crippen LogP) is 2.30. The van der Waals surface area contributed by atoms with Crippen molar-refractivity contribution < 1.29 is 4.74 Å². The third-order valence-electron chi connectivity index (χ3n) is 5.29. The third-order valence-corrected chi connectivity index (χ3v) is 5.29. The summed E-state index contributed by atoms with van der Waals surface area (Å²) < 4.78 is 9.25. The molecule has 0 bridgehead atoms. The monoisotopic (exact) mass is 378 g/mol. The summed E-state index contributed by atoms with van der Waals surface area (Å²) in [6.07, 6.45) is 2.60. The number of pyridine rings is 1. The summed E-state index contributed by atoms with van der Waals surface area (Å²) in [5.41, 5.74) is 4.44. The van der Waals surface area contributed by atoms with Gasteiger partial charge in [-0.1, -0.05) is 36.4 Å². The lowest BCUT2D eigenvalue weighted by Gasteiger charge is -2.27. The van der Waals surface area contributed by atoms with Crippen LogP contribution in [0.25, 0.3) is 0 Å². The molecule has 0 aliphatic carbocycles. The van der Waals surface area contributed by atoms with Crippen LogP contribution in [-0.2, 0) is 37.3 Å². The van der Waals surface area contributed by atoms with E-state index >= 15 is 0 Å². The molecule has 1 aromatic carbocycles. The van der Waals surface area contributed by atoms with Crippen LogP contribution in [0, 0.1) is 0 Å². The minimum absolute atomic E-state index is 0.125. The van der Waals surface area contributed by atoms with E-state index in [4.69, 9.17) is 4.74 Å². The van der Waals surface area contributed by atoms with Gasteiger partial charge in [0.1, 0.15) is 0 Å². The fraction of sp³-hybridized carbons (Fsp3) is 0.364. The number of hydrogen-bond acceptors (Lipinski definition) is 4. The summed E-state index contributed by atoms with van der Waals surface area (Å²) in [5, 5.41) is 0. The number of methoxy groups -OCH3 is 1. The Bertz CT molecular complexity index is 963. The fourth-order valence-electron chi connectivity index (χ4n) is 3.87. The van der Waals surface area contributed by atoms with Crippen molar-refractivity contribution in [3.05, 3.63) is 87.6 Å². The van der Waals surface area contributed by atoms with E-state index < -0.39 is 0 Å². The molecule has 0 saturated heterocycles. The molecule has 1 aliphatic rings. The Morgan fingerprint density at radius 1 is 1.04 bits per heavy atom. The van der Waals surface area contributed by atoms with Crippen LogP contribution >= 0.6 is 0 Å². The lowest BCUT2D eigenvalue weighted by Crippen LogP contribution is -2.32. The smallest absolute Gasteiger partial charge is 0.270 e. The number of aromatic nitrogens is 3. The van der Waals surface area contributed by atoms with E-state index in [0.29, 0.717) is 19.7 Å². The number of hydrogen-bond donors (Lipinski definition) is 0. The van der Waals surface area contributed by atoms with Crippen molar-refractivity contribution in [3.8, 4) is 0 Å². The summed E-state index contributed by atoms with van der Waals surface area (Å²) in [4.78, 5) is 19.9. The maximum atomic E-state index is 13.1. The average Bonchev–Trinajstić information content (AvgIpc) is 2.99. The number of ether oxygens (including phenoxy) is 1. The molecule has 3 aromatic rings. The van der Waals surface area contributed by atoms with Gasteiger partial charge in [0.15, 0.2) is 0 Å². The molecule has 0 N–H and O–H groups in total. The van der Waals surface area contributed by atoms with Crippen molar-refractivity contribution >= 4 is 0 Å². The molecule has 0 fully saturated rings. The highest BCUT2D eigenvalue weighted by Crippen LogP contribution is 2.20. The standard InChI is InChI=1S/C22H26N4O2/c1-28-14-13-25-22(27)20-10-12-24(16-19-9-5-6-11-23-19)17-21(20)26(25)15-18-7-3-2-4-8-18/h2-9,11H,10,12-17H2,1H3. The summed E-state index contributed by atoms with van der Waals surface area (Å²) in [6.45, 7) is 4.20. The van der Waals surface area contributed by atoms with Gasteiger partial charge in [-0.15, -0.1) is 0 Å². The first-order chi connectivity index (χ1) is 13.8. The second-order valence-electron chi connectivity index (χ2n) is 7.17. The zero-order valence-electron chi connectivity index (χ0n) is 16.3. The molecular weight excluding hydrogens is 352 g/mol. The van der Waals surface area contributed by atoms with Crippen molar-refractivity contribution in [2.24, 2.45) is 0 Å². The van der Waals surface area contributed by atoms with Crippen molar-refractivity contribution in [2.45, 2.75) is 32.6 Å². The first-order valence-corrected chi connectivity index (χ1v) is 9.72. The molecule has 0 radical (unpaired) electrons. The first-order valence-electron chi connectivity index (χ1n) is 9.72. The number of fused-ring (bicyclic) bond motifs is 1. The van der Waals surface area contributed by atoms with Gasteiger partial charge in [-0.3, -0.25) is 19.4 Å². The van der Waals surface area contributed by atoms with Gasteiger partial charge in [0.05, 0.1) is 31.1 Å². The molecule has 0 unspecified atom stereocenters. The first kappa shape index (κ1) is 18.7. The van der Waals surface area contributed by atoms with Crippen LogP contribution in [0.3, 0.4) is 0 Å². The Morgan fingerprint density at radius 2 is 1.86 bits per heavy atom. The molecule has 3 heterocycles. The van der Waals surface area contributed by atoms with Crippen LogP contribution < -0.4 is 5.56 Å². The van der Waals surface area contributed by atoms with Gasteiger partial charge in [0.2, 0.25) is 0 Å². The predicted molar refractivity (Wildman–Crippen MR) is 108 cm³/mol. The van der Waals surface area contributed by atoms with Crippen LogP contribution in [0.5, 0.6) is 0 Å².